The normalized spacial score (nSPS) is 14.9. The molecule has 1 amide bonds. The lowest BCUT2D eigenvalue weighted by Crippen LogP contribution is -2.42. The van der Waals surface area contributed by atoms with Crippen molar-refractivity contribution in [2.24, 2.45) is 0 Å². The highest BCUT2D eigenvalue weighted by Gasteiger charge is 2.25. The summed E-state index contributed by atoms with van der Waals surface area (Å²) in [5.74, 6) is 1.56. The molecule has 6 nitrogen and oxygen atoms in total. The maximum atomic E-state index is 12.4. The van der Waals surface area contributed by atoms with Gasteiger partial charge in [-0.2, -0.15) is 0 Å². The van der Waals surface area contributed by atoms with Crippen LogP contribution < -0.4 is 4.74 Å². The van der Waals surface area contributed by atoms with Crippen molar-refractivity contribution in [1.82, 2.24) is 14.8 Å². The summed E-state index contributed by atoms with van der Waals surface area (Å²) < 4.78 is 5.32. The van der Waals surface area contributed by atoms with Gasteiger partial charge in [-0.25, -0.2) is 0 Å². The van der Waals surface area contributed by atoms with Crippen molar-refractivity contribution in [2.45, 2.75) is 38.5 Å². The standard InChI is InChI=1S/C28H35N3O3/c1-18(2)27-23-15-20(19-10-12-31(13-11-19)26(33)16-30(3)4)6-8-24(23)29-28(27)21-7-9-25(34-5)22(14-21)17-32/h6-9,14-15,17-19,29H,10-13,16H2,1-5H3. The SMILES string of the molecule is COc1ccc(-c2[nH]c3ccc(C4CCN(C(=O)CN(C)C)CC4)cc3c2C(C)C)cc1C=O. The van der Waals surface area contributed by atoms with Crippen LogP contribution in [0, 0.1) is 0 Å². The van der Waals surface area contributed by atoms with E-state index in [1.165, 1.54) is 16.5 Å². The van der Waals surface area contributed by atoms with Crippen LogP contribution in [0.4, 0.5) is 0 Å². The van der Waals surface area contributed by atoms with Crippen molar-refractivity contribution in [3.05, 3.63) is 53.1 Å². The lowest BCUT2D eigenvalue weighted by Gasteiger charge is -2.33. The molecule has 0 atom stereocenters. The zero-order chi connectivity index (χ0) is 24.4. The molecule has 4 rings (SSSR count). The van der Waals surface area contributed by atoms with Gasteiger partial charge in [-0.15, -0.1) is 0 Å². The fraction of sp³-hybridized carbons (Fsp3) is 0.429. The molecule has 0 spiro atoms. The van der Waals surface area contributed by atoms with E-state index in [0.717, 1.165) is 49.0 Å². The van der Waals surface area contributed by atoms with Crippen LogP contribution in [-0.2, 0) is 4.79 Å². The maximum absolute atomic E-state index is 12.4. The molecule has 0 bridgehead atoms. The molecule has 34 heavy (non-hydrogen) atoms. The first-order valence-electron chi connectivity index (χ1n) is 12.0. The van der Waals surface area contributed by atoms with Gasteiger partial charge >= 0.3 is 0 Å². The molecule has 1 saturated heterocycles. The molecule has 1 N–H and O–H groups in total. The lowest BCUT2D eigenvalue weighted by molar-refractivity contribution is -0.132. The minimum Gasteiger partial charge on any atom is -0.496 e. The zero-order valence-electron chi connectivity index (χ0n) is 20.9. The molecular formula is C28H35N3O3. The Bertz CT molecular complexity index is 1190. The Morgan fingerprint density at radius 2 is 1.91 bits per heavy atom. The van der Waals surface area contributed by atoms with Gasteiger partial charge in [0, 0.05) is 29.7 Å². The number of likely N-dealkylation sites (tertiary alicyclic amines) is 1. The Labute approximate surface area is 201 Å². The fourth-order valence-corrected chi connectivity index (χ4v) is 5.13. The number of fused-ring (bicyclic) bond motifs is 1. The number of benzene rings is 2. The highest BCUT2D eigenvalue weighted by atomic mass is 16.5. The third-order valence-electron chi connectivity index (χ3n) is 6.86. The van der Waals surface area contributed by atoms with Crippen LogP contribution in [0.2, 0.25) is 0 Å². The van der Waals surface area contributed by atoms with Crippen molar-refractivity contribution in [3.8, 4) is 17.0 Å². The number of amides is 1. The van der Waals surface area contributed by atoms with Crippen LogP contribution in [0.1, 0.15) is 60.0 Å². The molecule has 2 aromatic carbocycles. The number of carbonyl (C=O) groups is 2. The number of aromatic amines is 1. The molecule has 3 aromatic rings. The number of nitrogens with zero attached hydrogens (tertiary/aromatic N) is 2. The van der Waals surface area contributed by atoms with Gasteiger partial charge in [0.2, 0.25) is 5.91 Å². The first-order chi connectivity index (χ1) is 16.3. The number of nitrogens with one attached hydrogen (secondary N) is 1. The highest BCUT2D eigenvalue weighted by molar-refractivity contribution is 5.93. The number of H-pyrrole nitrogens is 1. The number of likely N-dealkylation sites (N-methyl/N-ethyl adjacent to an activating group) is 1. The van der Waals surface area contributed by atoms with Gasteiger partial charge in [0.25, 0.3) is 0 Å². The van der Waals surface area contributed by atoms with E-state index in [1.54, 1.807) is 7.11 Å². The third kappa shape index (κ3) is 4.73. The number of aromatic nitrogens is 1. The van der Waals surface area contributed by atoms with Gasteiger partial charge < -0.3 is 19.5 Å². The number of hydrogen-bond acceptors (Lipinski definition) is 4. The van der Waals surface area contributed by atoms with Crippen LogP contribution in [0.15, 0.2) is 36.4 Å². The van der Waals surface area contributed by atoms with Crippen molar-refractivity contribution in [3.63, 3.8) is 0 Å². The second-order valence-electron chi connectivity index (χ2n) is 9.84. The fourth-order valence-electron chi connectivity index (χ4n) is 5.13. The summed E-state index contributed by atoms with van der Waals surface area (Å²) in [6.07, 6.45) is 2.81. The van der Waals surface area contributed by atoms with Gasteiger partial charge in [0.05, 0.1) is 19.2 Å². The average molecular weight is 462 g/mol. The summed E-state index contributed by atoms with van der Waals surface area (Å²) in [7, 11) is 5.45. The monoisotopic (exact) mass is 461 g/mol. The Morgan fingerprint density at radius 3 is 2.53 bits per heavy atom. The second-order valence-corrected chi connectivity index (χ2v) is 9.84. The summed E-state index contributed by atoms with van der Waals surface area (Å²) in [6.45, 7) is 6.50. The van der Waals surface area contributed by atoms with E-state index in [2.05, 4.69) is 37.0 Å². The molecular weight excluding hydrogens is 426 g/mol. The van der Waals surface area contributed by atoms with E-state index in [9.17, 15) is 9.59 Å². The van der Waals surface area contributed by atoms with E-state index >= 15 is 0 Å². The molecule has 6 heteroatoms. The smallest absolute Gasteiger partial charge is 0.236 e. The van der Waals surface area contributed by atoms with Crippen LogP contribution in [-0.4, -0.2) is 67.8 Å². The number of piperidine rings is 1. The number of aldehydes is 1. The Hall–Kier alpha value is -3.12. The minimum atomic E-state index is 0.213. The predicted octanol–water partition coefficient (Wildman–Crippen LogP) is 5.05. The van der Waals surface area contributed by atoms with Crippen molar-refractivity contribution < 1.29 is 14.3 Å². The van der Waals surface area contributed by atoms with E-state index < -0.39 is 0 Å². The van der Waals surface area contributed by atoms with Crippen molar-refractivity contribution >= 4 is 23.1 Å². The number of rotatable bonds is 7. The van der Waals surface area contributed by atoms with Crippen molar-refractivity contribution in [2.75, 3.05) is 40.8 Å². The van der Waals surface area contributed by atoms with E-state index in [4.69, 9.17) is 4.74 Å². The molecule has 1 aliphatic heterocycles. The van der Waals surface area contributed by atoms with Gasteiger partial charge in [0.15, 0.2) is 6.29 Å². The Morgan fingerprint density at radius 1 is 1.18 bits per heavy atom. The highest BCUT2D eigenvalue weighted by Crippen LogP contribution is 2.39. The molecule has 1 aromatic heterocycles. The zero-order valence-corrected chi connectivity index (χ0v) is 20.9. The maximum Gasteiger partial charge on any atom is 0.236 e. The molecule has 0 unspecified atom stereocenters. The quantitative estimate of drug-likeness (QED) is 0.500. The molecule has 1 aliphatic rings. The van der Waals surface area contributed by atoms with Gasteiger partial charge in [-0.05, 0) is 85.8 Å². The van der Waals surface area contributed by atoms with E-state index in [-0.39, 0.29) is 5.91 Å². The third-order valence-corrected chi connectivity index (χ3v) is 6.86. The topological polar surface area (TPSA) is 65.6 Å². The first kappa shape index (κ1) is 24.0. The number of hydrogen-bond donors (Lipinski definition) is 1. The van der Waals surface area contributed by atoms with E-state index in [1.807, 2.05) is 42.1 Å². The average Bonchev–Trinajstić information content (AvgIpc) is 3.22. The van der Waals surface area contributed by atoms with Gasteiger partial charge in [-0.1, -0.05) is 19.9 Å². The second kappa shape index (κ2) is 10.0. The van der Waals surface area contributed by atoms with Crippen molar-refractivity contribution in [1.29, 1.82) is 0 Å². The Balaban J connectivity index is 1.64. The predicted molar refractivity (Wildman–Crippen MR) is 137 cm³/mol. The number of carbonyl (C=O) groups excluding carboxylic acids is 2. The van der Waals surface area contributed by atoms with Crippen LogP contribution >= 0.6 is 0 Å². The summed E-state index contributed by atoms with van der Waals surface area (Å²) >= 11 is 0. The number of ether oxygens (including phenoxy) is 1. The molecule has 0 aliphatic carbocycles. The molecule has 2 heterocycles. The molecule has 1 fully saturated rings. The lowest BCUT2D eigenvalue weighted by atomic mass is 9.87. The largest absolute Gasteiger partial charge is 0.496 e. The minimum absolute atomic E-state index is 0.213. The van der Waals surface area contributed by atoms with Gasteiger partial charge in [-0.3, -0.25) is 9.59 Å². The van der Waals surface area contributed by atoms with Crippen LogP contribution in [0.3, 0.4) is 0 Å². The molecule has 180 valence electrons. The molecule has 0 radical (unpaired) electrons. The van der Waals surface area contributed by atoms with E-state index in [0.29, 0.717) is 29.7 Å². The van der Waals surface area contributed by atoms with Crippen LogP contribution in [0.25, 0.3) is 22.2 Å². The Kier molecular flexibility index (Phi) is 7.08. The summed E-state index contributed by atoms with van der Waals surface area (Å²) in [4.78, 5) is 31.5. The molecule has 0 saturated carbocycles. The summed E-state index contributed by atoms with van der Waals surface area (Å²) in [5.41, 5.74) is 6.28. The first-order valence-corrected chi connectivity index (χ1v) is 12.0. The van der Waals surface area contributed by atoms with Crippen LogP contribution in [0.5, 0.6) is 5.75 Å². The number of methoxy groups -OCH3 is 1. The summed E-state index contributed by atoms with van der Waals surface area (Å²) in [5, 5.41) is 1.23. The summed E-state index contributed by atoms with van der Waals surface area (Å²) in [6, 6.07) is 12.5. The van der Waals surface area contributed by atoms with Gasteiger partial charge in [0.1, 0.15) is 5.75 Å².